The minimum atomic E-state index is -0.236. The van der Waals surface area contributed by atoms with Gasteiger partial charge in [0.15, 0.2) is 0 Å². The quantitative estimate of drug-likeness (QED) is 0.299. The van der Waals surface area contributed by atoms with Crippen LogP contribution < -0.4 is 11.1 Å². The lowest BCUT2D eigenvalue weighted by Gasteiger charge is -2.31. The summed E-state index contributed by atoms with van der Waals surface area (Å²) in [5.41, 5.74) is 5.43. The van der Waals surface area contributed by atoms with Crippen LogP contribution in [0.15, 0.2) is 5.16 Å². The third-order valence-corrected chi connectivity index (χ3v) is 4.07. The van der Waals surface area contributed by atoms with Crippen LogP contribution in [-0.2, 0) is 0 Å². The van der Waals surface area contributed by atoms with E-state index in [1.807, 2.05) is 13.8 Å². The van der Waals surface area contributed by atoms with Crippen LogP contribution in [0.2, 0.25) is 0 Å². The van der Waals surface area contributed by atoms with Crippen molar-refractivity contribution in [1.82, 2.24) is 5.32 Å². The molecule has 4 N–H and O–H groups in total. The fourth-order valence-corrected chi connectivity index (χ4v) is 2.45. The molecule has 4 heteroatoms. The normalized spacial score (nSPS) is 27.1. The predicted molar refractivity (Wildman–Crippen MR) is 71.2 cm³/mol. The van der Waals surface area contributed by atoms with Gasteiger partial charge in [-0.3, -0.25) is 0 Å². The van der Waals surface area contributed by atoms with E-state index in [2.05, 4.69) is 17.4 Å². The highest BCUT2D eigenvalue weighted by Gasteiger charge is 2.25. The Labute approximate surface area is 105 Å². The van der Waals surface area contributed by atoms with E-state index < -0.39 is 0 Å². The van der Waals surface area contributed by atoms with Gasteiger partial charge in [0.2, 0.25) is 0 Å². The lowest BCUT2D eigenvalue weighted by molar-refractivity contribution is 0.269. The zero-order chi connectivity index (χ0) is 12.9. The molecule has 17 heavy (non-hydrogen) atoms. The summed E-state index contributed by atoms with van der Waals surface area (Å²) in [5.74, 6) is 1.09. The Kier molecular flexibility index (Phi) is 5.25. The van der Waals surface area contributed by atoms with Crippen molar-refractivity contribution >= 4 is 5.84 Å². The van der Waals surface area contributed by atoms with Gasteiger partial charge >= 0.3 is 0 Å². The molecule has 0 aromatic carbocycles. The van der Waals surface area contributed by atoms with Crippen LogP contribution in [-0.4, -0.2) is 23.6 Å². The van der Waals surface area contributed by atoms with Gasteiger partial charge in [-0.2, -0.15) is 0 Å². The van der Waals surface area contributed by atoms with Crippen LogP contribution in [0, 0.1) is 11.3 Å². The topological polar surface area (TPSA) is 70.6 Å². The molecular formula is C13H27N3O. The molecule has 100 valence electrons. The van der Waals surface area contributed by atoms with Crippen molar-refractivity contribution in [3.8, 4) is 0 Å². The number of rotatable bonds is 5. The molecule has 2 atom stereocenters. The SMILES string of the molecule is CC1CCCCC1NCCC(C)(C)C(N)=NO. The zero-order valence-corrected chi connectivity index (χ0v) is 11.4. The molecule has 0 spiro atoms. The second-order valence-electron chi connectivity index (χ2n) is 5.94. The van der Waals surface area contributed by atoms with E-state index in [0.29, 0.717) is 11.9 Å². The lowest BCUT2D eigenvalue weighted by atomic mass is 9.84. The summed E-state index contributed by atoms with van der Waals surface area (Å²) in [4.78, 5) is 0. The standard InChI is InChI=1S/C13H27N3O/c1-10-6-4-5-7-11(10)15-9-8-13(2,3)12(14)16-17/h10-11,15,17H,4-9H2,1-3H3,(H2,14,16). The van der Waals surface area contributed by atoms with Crippen molar-refractivity contribution in [1.29, 1.82) is 0 Å². The summed E-state index contributed by atoms with van der Waals surface area (Å²) in [6.45, 7) is 7.27. The first-order valence-electron chi connectivity index (χ1n) is 6.69. The molecule has 1 aliphatic rings. The molecule has 0 saturated heterocycles. The molecule has 0 heterocycles. The number of nitrogens with two attached hydrogens (primary N) is 1. The number of oxime groups is 1. The molecule has 4 nitrogen and oxygen atoms in total. The van der Waals surface area contributed by atoms with Gasteiger partial charge in [-0.1, -0.05) is 38.8 Å². The van der Waals surface area contributed by atoms with Gasteiger partial charge in [0.25, 0.3) is 0 Å². The largest absolute Gasteiger partial charge is 0.409 e. The predicted octanol–water partition coefficient (Wildman–Crippen LogP) is 2.32. The summed E-state index contributed by atoms with van der Waals surface area (Å²) < 4.78 is 0. The van der Waals surface area contributed by atoms with Crippen LogP contribution in [0.1, 0.15) is 52.9 Å². The van der Waals surface area contributed by atoms with E-state index in [1.54, 1.807) is 0 Å². The fourth-order valence-electron chi connectivity index (χ4n) is 2.45. The smallest absolute Gasteiger partial charge is 0.144 e. The molecule has 1 saturated carbocycles. The number of hydrogen-bond acceptors (Lipinski definition) is 3. The Morgan fingerprint density at radius 3 is 2.65 bits per heavy atom. The van der Waals surface area contributed by atoms with Gasteiger partial charge in [0.05, 0.1) is 0 Å². The van der Waals surface area contributed by atoms with Crippen molar-refractivity contribution in [3.05, 3.63) is 0 Å². The van der Waals surface area contributed by atoms with Crippen LogP contribution >= 0.6 is 0 Å². The van der Waals surface area contributed by atoms with Gasteiger partial charge < -0.3 is 16.3 Å². The first kappa shape index (κ1) is 14.3. The highest BCUT2D eigenvalue weighted by Crippen LogP contribution is 2.25. The highest BCUT2D eigenvalue weighted by atomic mass is 16.4. The van der Waals surface area contributed by atoms with E-state index >= 15 is 0 Å². The maximum atomic E-state index is 8.70. The van der Waals surface area contributed by atoms with Gasteiger partial charge in [-0.15, -0.1) is 0 Å². The first-order valence-corrected chi connectivity index (χ1v) is 6.69. The van der Waals surface area contributed by atoms with E-state index in [-0.39, 0.29) is 5.41 Å². The molecule has 0 aliphatic heterocycles. The molecule has 0 amide bonds. The monoisotopic (exact) mass is 241 g/mol. The molecule has 0 bridgehead atoms. The van der Waals surface area contributed by atoms with Crippen molar-refractivity contribution in [2.45, 2.75) is 58.9 Å². The molecule has 1 fully saturated rings. The molecular weight excluding hydrogens is 214 g/mol. The van der Waals surface area contributed by atoms with Crippen molar-refractivity contribution in [2.24, 2.45) is 22.2 Å². The number of hydrogen-bond donors (Lipinski definition) is 3. The minimum Gasteiger partial charge on any atom is -0.409 e. The molecule has 0 radical (unpaired) electrons. The Morgan fingerprint density at radius 1 is 1.41 bits per heavy atom. The number of amidine groups is 1. The van der Waals surface area contributed by atoms with Crippen molar-refractivity contribution in [2.75, 3.05) is 6.54 Å². The second-order valence-corrected chi connectivity index (χ2v) is 5.94. The molecule has 1 rings (SSSR count). The van der Waals surface area contributed by atoms with Crippen LogP contribution in [0.25, 0.3) is 0 Å². The van der Waals surface area contributed by atoms with E-state index in [4.69, 9.17) is 10.9 Å². The minimum absolute atomic E-state index is 0.236. The maximum absolute atomic E-state index is 8.70. The summed E-state index contributed by atoms with van der Waals surface area (Å²) in [5, 5.41) is 15.4. The molecule has 0 aromatic rings. The Bertz CT molecular complexity index is 263. The first-order chi connectivity index (χ1) is 7.97. The number of nitrogens with one attached hydrogen (secondary N) is 1. The molecule has 2 unspecified atom stereocenters. The molecule has 1 aliphatic carbocycles. The summed E-state index contributed by atoms with van der Waals surface area (Å²) in [7, 11) is 0. The second kappa shape index (κ2) is 6.24. The van der Waals surface area contributed by atoms with Crippen LogP contribution in [0.4, 0.5) is 0 Å². The van der Waals surface area contributed by atoms with E-state index in [9.17, 15) is 0 Å². The third kappa shape index (κ3) is 4.19. The Hall–Kier alpha value is -0.770. The third-order valence-electron chi connectivity index (χ3n) is 4.07. The Balaban J connectivity index is 2.31. The average Bonchev–Trinajstić information content (AvgIpc) is 2.30. The summed E-state index contributed by atoms with van der Waals surface area (Å²) in [6, 6.07) is 0.645. The van der Waals surface area contributed by atoms with Gasteiger partial charge in [0.1, 0.15) is 5.84 Å². The van der Waals surface area contributed by atoms with Gasteiger partial charge in [-0.05, 0) is 31.7 Å². The van der Waals surface area contributed by atoms with Gasteiger partial charge in [0, 0.05) is 11.5 Å². The maximum Gasteiger partial charge on any atom is 0.144 e. The Morgan fingerprint density at radius 2 is 2.06 bits per heavy atom. The summed E-state index contributed by atoms with van der Waals surface area (Å²) >= 11 is 0. The van der Waals surface area contributed by atoms with Crippen LogP contribution in [0.3, 0.4) is 0 Å². The van der Waals surface area contributed by atoms with Crippen molar-refractivity contribution in [3.63, 3.8) is 0 Å². The molecule has 0 aromatic heterocycles. The van der Waals surface area contributed by atoms with E-state index in [1.165, 1.54) is 25.7 Å². The highest BCUT2D eigenvalue weighted by molar-refractivity contribution is 5.85. The average molecular weight is 241 g/mol. The lowest BCUT2D eigenvalue weighted by Crippen LogP contribution is -2.41. The van der Waals surface area contributed by atoms with Crippen molar-refractivity contribution < 1.29 is 5.21 Å². The summed E-state index contributed by atoms with van der Waals surface area (Å²) in [6.07, 6.45) is 6.22. The van der Waals surface area contributed by atoms with Crippen LogP contribution in [0.5, 0.6) is 0 Å². The van der Waals surface area contributed by atoms with E-state index in [0.717, 1.165) is 18.9 Å². The number of nitrogens with zero attached hydrogens (tertiary/aromatic N) is 1. The zero-order valence-electron chi connectivity index (χ0n) is 11.4. The van der Waals surface area contributed by atoms with Gasteiger partial charge in [-0.25, -0.2) is 0 Å². The fraction of sp³-hybridized carbons (Fsp3) is 0.923.